The first-order valence-corrected chi connectivity index (χ1v) is 9.13. The van der Waals surface area contributed by atoms with Crippen molar-refractivity contribution in [2.75, 3.05) is 12.4 Å². The van der Waals surface area contributed by atoms with E-state index in [9.17, 15) is 27.6 Å². The average molecular weight is 416 g/mol. The minimum absolute atomic E-state index is 0.212. The molecule has 0 bridgehead atoms. The number of carbonyl (C=O) groups excluding carboxylic acids is 2. The molecule has 14 heteroatoms. The fraction of sp³-hybridized carbons (Fsp3) is 0.667. The second-order valence-corrected chi connectivity index (χ2v) is 6.67. The summed E-state index contributed by atoms with van der Waals surface area (Å²) in [5.41, 5.74) is 5.25. The van der Waals surface area contributed by atoms with Crippen LogP contribution in [0.25, 0.3) is 0 Å². The molecule has 0 heterocycles. The van der Waals surface area contributed by atoms with E-state index < -0.39 is 65.1 Å². The van der Waals surface area contributed by atoms with Crippen LogP contribution in [-0.4, -0.2) is 71.3 Å². The van der Waals surface area contributed by atoms with Crippen molar-refractivity contribution >= 4 is 46.7 Å². The van der Waals surface area contributed by atoms with Gasteiger partial charge in [-0.2, -0.15) is 21.0 Å². The van der Waals surface area contributed by atoms with Gasteiger partial charge in [-0.15, -0.1) is 0 Å². The van der Waals surface area contributed by atoms with E-state index in [1.54, 1.807) is 0 Å². The predicted octanol–water partition coefficient (Wildman–Crippen LogP) is -1.93. The van der Waals surface area contributed by atoms with Crippen LogP contribution in [0.2, 0.25) is 0 Å². The molecule has 0 aromatic heterocycles. The van der Waals surface area contributed by atoms with Crippen molar-refractivity contribution in [3.8, 4) is 0 Å². The third-order valence-electron chi connectivity index (χ3n) is 3.11. The van der Waals surface area contributed by atoms with Gasteiger partial charge in [-0.25, -0.2) is 8.98 Å². The van der Waals surface area contributed by atoms with Crippen molar-refractivity contribution in [2.24, 2.45) is 11.7 Å². The number of Topliss-reactive ketones (excluding diaryl/α,β-unsaturated/α-hetero) is 1. The molecule has 1 amide bonds. The Labute approximate surface area is 154 Å². The van der Waals surface area contributed by atoms with Gasteiger partial charge < -0.3 is 21.3 Å². The molecule has 150 valence electrons. The highest BCUT2D eigenvalue weighted by molar-refractivity contribution is 7.80. The van der Waals surface area contributed by atoms with E-state index >= 15 is 0 Å². The molecule has 26 heavy (non-hydrogen) atoms. The maximum absolute atomic E-state index is 12.1. The van der Waals surface area contributed by atoms with E-state index in [0.29, 0.717) is 0 Å². The van der Waals surface area contributed by atoms with Gasteiger partial charge in [0.25, 0.3) is 0 Å². The van der Waals surface area contributed by atoms with E-state index in [2.05, 4.69) is 16.8 Å². The van der Waals surface area contributed by atoms with E-state index in [1.807, 2.05) is 5.32 Å². The molecule has 6 N–H and O–H groups in total. The molecule has 0 spiro atoms. The monoisotopic (exact) mass is 416 g/mol. The molecule has 0 radical (unpaired) electrons. The molecule has 0 unspecified atom stereocenters. The summed E-state index contributed by atoms with van der Waals surface area (Å²) >= 11 is 3.74. The summed E-state index contributed by atoms with van der Waals surface area (Å²) < 4.78 is 34.0. The molecule has 0 saturated heterocycles. The number of hydrogen-bond acceptors (Lipinski definition) is 9. The molecule has 0 rings (SSSR count). The molecular weight excluding hydrogens is 396 g/mol. The van der Waals surface area contributed by atoms with Gasteiger partial charge in [-0.1, -0.05) is 0 Å². The van der Waals surface area contributed by atoms with Gasteiger partial charge in [0.15, 0.2) is 0 Å². The van der Waals surface area contributed by atoms with Crippen molar-refractivity contribution in [3.05, 3.63) is 0 Å². The summed E-state index contributed by atoms with van der Waals surface area (Å²) in [6.45, 7) is -0.916. The summed E-state index contributed by atoms with van der Waals surface area (Å²) in [4.78, 5) is 45.4. The minimum atomic E-state index is -4.90. The smallest absolute Gasteiger partial charge is 0.397 e. The second-order valence-electron chi connectivity index (χ2n) is 5.22. The molecule has 0 aliphatic rings. The molecule has 0 fully saturated rings. The normalized spacial score (nSPS) is 14.9. The zero-order valence-electron chi connectivity index (χ0n) is 13.4. The van der Waals surface area contributed by atoms with Crippen LogP contribution in [0.3, 0.4) is 0 Å². The molecule has 0 aromatic rings. The lowest BCUT2D eigenvalue weighted by molar-refractivity contribution is -0.142. The van der Waals surface area contributed by atoms with E-state index in [4.69, 9.17) is 20.5 Å². The predicted molar refractivity (Wildman–Crippen MR) is 88.9 cm³/mol. The largest absolute Gasteiger partial charge is 0.480 e. The van der Waals surface area contributed by atoms with Crippen LogP contribution in [0.5, 0.6) is 0 Å². The maximum atomic E-state index is 12.1. The molecule has 12 nitrogen and oxygen atoms in total. The highest BCUT2D eigenvalue weighted by atomic mass is 32.3. The van der Waals surface area contributed by atoms with Crippen LogP contribution < -0.4 is 11.1 Å². The molecule has 0 aromatic carbocycles. The van der Waals surface area contributed by atoms with Gasteiger partial charge in [0, 0.05) is 18.6 Å². The topological polar surface area (TPSA) is 210 Å². The number of hydrogen-bond donors (Lipinski definition) is 6. The van der Waals surface area contributed by atoms with Crippen molar-refractivity contribution in [1.82, 2.24) is 5.32 Å². The Bertz CT molecular complexity index is 636. The number of amides is 1. The minimum Gasteiger partial charge on any atom is -0.480 e. The molecule has 0 aliphatic carbocycles. The summed E-state index contributed by atoms with van der Waals surface area (Å²) in [6.07, 6.45) is -1.10. The Morgan fingerprint density at radius 1 is 1.15 bits per heavy atom. The lowest BCUT2D eigenvalue weighted by Gasteiger charge is -2.18. The van der Waals surface area contributed by atoms with Crippen LogP contribution in [0, 0.1) is 5.92 Å². The van der Waals surface area contributed by atoms with Gasteiger partial charge in [-0.3, -0.25) is 18.9 Å². The molecule has 0 saturated carbocycles. The number of thiol groups is 1. The van der Waals surface area contributed by atoms with E-state index in [1.165, 1.54) is 0 Å². The Balaban J connectivity index is 4.98. The van der Waals surface area contributed by atoms with E-state index in [0.717, 1.165) is 0 Å². The first-order chi connectivity index (χ1) is 11.9. The zero-order chi connectivity index (χ0) is 20.5. The number of carboxylic acids is 2. The quantitative estimate of drug-likeness (QED) is 0.144. The zero-order valence-corrected chi connectivity index (χ0v) is 15.1. The van der Waals surface area contributed by atoms with Gasteiger partial charge in [-0.05, 0) is 6.42 Å². The lowest BCUT2D eigenvalue weighted by Crippen LogP contribution is -2.46. The summed E-state index contributed by atoms with van der Waals surface area (Å²) in [6, 6.07) is -2.68. The van der Waals surface area contributed by atoms with Crippen molar-refractivity contribution < 1.29 is 46.5 Å². The Morgan fingerprint density at radius 3 is 2.15 bits per heavy atom. The Kier molecular flexibility index (Phi) is 10.3. The Morgan fingerprint density at radius 2 is 1.73 bits per heavy atom. The first-order valence-electron chi connectivity index (χ1n) is 7.13. The van der Waals surface area contributed by atoms with Crippen LogP contribution in [-0.2, 0) is 33.8 Å². The summed E-state index contributed by atoms with van der Waals surface area (Å²) in [5, 5.41) is 19.6. The first kappa shape index (κ1) is 24.3. The average Bonchev–Trinajstić information content (AvgIpc) is 2.52. The highest BCUT2D eigenvalue weighted by Gasteiger charge is 2.28. The van der Waals surface area contributed by atoms with Crippen LogP contribution in [0.1, 0.15) is 19.3 Å². The van der Waals surface area contributed by atoms with Gasteiger partial charge >= 0.3 is 22.3 Å². The molecule has 0 aliphatic heterocycles. The number of carboxylic acid groups (broad SMARTS) is 2. The van der Waals surface area contributed by atoms with Crippen molar-refractivity contribution in [2.45, 2.75) is 31.3 Å². The third-order valence-corrected chi connectivity index (χ3v) is 3.91. The lowest BCUT2D eigenvalue weighted by atomic mass is 9.98. The molecular formula is C12H20N2O10S2. The van der Waals surface area contributed by atoms with Crippen molar-refractivity contribution in [3.63, 3.8) is 0 Å². The standard InChI is InChI=1S/C12H20N2O10S2/c13-8(11(17)18)2-1-7(15)3-6(4-24-26(21,22)23)10(16)14-9(5-25)12(19)20/h6,8-9,25H,1-5,13H2,(H,14,16)(H,17,18)(H,19,20)(H,21,22,23)/t6-,8-,9-/m0/s1. The maximum Gasteiger partial charge on any atom is 0.397 e. The number of nitrogens with two attached hydrogens (primary N) is 1. The number of ketones is 1. The second kappa shape index (κ2) is 11.1. The number of aliphatic carboxylic acids is 2. The number of rotatable bonds is 13. The van der Waals surface area contributed by atoms with Gasteiger partial charge in [0.2, 0.25) is 5.91 Å². The number of nitrogens with one attached hydrogen (secondary N) is 1. The SMILES string of the molecule is N[C@@H](CCC(=O)C[C@@H](COS(=O)(=O)O)C(=O)N[C@@H](CS)C(=O)O)C(=O)O. The molecule has 3 atom stereocenters. The van der Waals surface area contributed by atoms with Crippen molar-refractivity contribution in [1.29, 1.82) is 0 Å². The fourth-order valence-electron chi connectivity index (χ4n) is 1.69. The van der Waals surface area contributed by atoms with Crippen LogP contribution in [0.15, 0.2) is 0 Å². The fourth-order valence-corrected chi connectivity index (χ4v) is 2.27. The van der Waals surface area contributed by atoms with Crippen LogP contribution >= 0.6 is 12.6 Å². The third kappa shape index (κ3) is 10.3. The van der Waals surface area contributed by atoms with E-state index in [-0.39, 0.29) is 18.6 Å². The van der Waals surface area contributed by atoms with Crippen LogP contribution in [0.4, 0.5) is 0 Å². The Hall–Kier alpha value is -1.74. The highest BCUT2D eigenvalue weighted by Crippen LogP contribution is 2.11. The van der Waals surface area contributed by atoms with Gasteiger partial charge in [0.05, 0.1) is 12.5 Å². The number of carbonyl (C=O) groups is 4. The summed E-state index contributed by atoms with van der Waals surface area (Å²) in [7, 11) is -4.90. The summed E-state index contributed by atoms with van der Waals surface area (Å²) in [5.74, 6) is -6.06. The van der Waals surface area contributed by atoms with Gasteiger partial charge in [0.1, 0.15) is 17.9 Å².